The topological polar surface area (TPSA) is 56.2 Å². The molecular formula is C16H12F3N3O2. The van der Waals surface area contributed by atoms with Crippen LogP contribution in [0.1, 0.15) is 0 Å². The van der Waals surface area contributed by atoms with Crippen LogP contribution in [-0.2, 0) is 6.67 Å². The lowest BCUT2D eigenvalue weighted by Crippen LogP contribution is -2.26. The van der Waals surface area contributed by atoms with E-state index < -0.39 is 6.36 Å². The molecule has 5 nitrogen and oxygen atoms in total. The molecule has 3 aromatic rings. The number of nitrogens with zero attached hydrogens (tertiary/aromatic N) is 2. The van der Waals surface area contributed by atoms with E-state index in [1.165, 1.54) is 28.9 Å². The molecule has 0 aliphatic carbocycles. The average Bonchev–Trinajstić information content (AvgIpc) is 2.54. The summed E-state index contributed by atoms with van der Waals surface area (Å²) in [7, 11) is 0. The average molecular weight is 335 g/mol. The zero-order valence-electron chi connectivity index (χ0n) is 12.2. The lowest BCUT2D eigenvalue weighted by molar-refractivity contribution is -0.274. The Labute approximate surface area is 134 Å². The standard InChI is InChI=1S/C16H12F3N3O2/c17-16(18,19)24-13-7-5-12(6-8-13)20-10-22-15(23)14-4-2-1-3-11(14)9-21-22/h1-9,20H,10H2. The number of benzene rings is 2. The highest BCUT2D eigenvalue weighted by atomic mass is 19.4. The Hall–Kier alpha value is -3.03. The zero-order valence-corrected chi connectivity index (χ0v) is 12.2. The molecule has 1 heterocycles. The predicted molar refractivity (Wildman–Crippen MR) is 82.8 cm³/mol. The van der Waals surface area contributed by atoms with Crippen molar-refractivity contribution in [3.63, 3.8) is 0 Å². The van der Waals surface area contributed by atoms with Gasteiger partial charge < -0.3 is 10.1 Å². The third kappa shape index (κ3) is 3.65. The molecule has 124 valence electrons. The summed E-state index contributed by atoms with van der Waals surface area (Å²) in [6.07, 6.45) is -3.14. The summed E-state index contributed by atoms with van der Waals surface area (Å²) in [5.41, 5.74) is 0.281. The number of ether oxygens (including phenoxy) is 1. The van der Waals surface area contributed by atoms with E-state index in [4.69, 9.17) is 0 Å². The Kier molecular flexibility index (Phi) is 4.11. The van der Waals surface area contributed by atoms with Crippen LogP contribution in [0.25, 0.3) is 10.8 Å². The minimum atomic E-state index is -4.72. The fourth-order valence-electron chi connectivity index (χ4n) is 2.18. The van der Waals surface area contributed by atoms with E-state index in [1.807, 2.05) is 6.07 Å². The van der Waals surface area contributed by atoms with Gasteiger partial charge in [-0.2, -0.15) is 5.10 Å². The van der Waals surface area contributed by atoms with E-state index in [2.05, 4.69) is 15.2 Å². The van der Waals surface area contributed by atoms with Crippen LogP contribution in [-0.4, -0.2) is 16.1 Å². The summed E-state index contributed by atoms with van der Waals surface area (Å²) in [6.45, 7) is 0.0865. The van der Waals surface area contributed by atoms with Crippen molar-refractivity contribution in [1.82, 2.24) is 9.78 Å². The number of nitrogens with one attached hydrogen (secondary N) is 1. The predicted octanol–water partition coefficient (Wildman–Crippen LogP) is 3.36. The zero-order chi connectivity index (χ0) is 17.2. The van der Waals surface area contributed by atoms with Gasteiger partial charge in [-0.1, -0.05) is 18.2 Å². The van der Waals surface area contributed by atoms with Gasteiger partial charge >= 0.3 is 6.36 Å². The van der Waals surface area contributed by atoms with Crippen molar-refractivity contribution in [1.29, 1.82) is 0 Å². The Morgan fingerprint density at radius 2 is 1.79 bits per heavy atom. The second-order valence-corrected chi connectivity index (χ2v) is 4.94. The van der Waals surface area contributed by atoms with Gasteiger partial charge in [-0.25, -0.2) is 4.68 Å². The van der Waals surface area contributed by atoms with E-state index in [9.17, 15) is 18.0 Å². The first kappa shape index (κ1) is 15.9. The number of rotatable bonds is 4. The summed E-state index contributed by atoms with van der Waals surface area (Å²) in [5, 5.41) is 8.26. The number of alkyl halides is 3. The summed E-state index contributed by atoms with van der Waals surface area (Å²) < 4.78 is 41.3. The van der Waals surface area contributed by atoms with Crippen molar-refractivity contribution in [3.05, 3.63) is 65.1 Å². The molecule has 2 aromatic carbocycles. The highest BCUT2D eigenvalue weighted by Gasteiger charge is 2.30. The molecule has 24 heavy (non-hydrogen) atoms. The molecule has 1 N–H and O–H groups in total. The number of hydrogen-bond acceptors (Lipinski definition) is 4. The Morgan fingerprint density at radius 3 is 2.50 bits per heavy atom. The van der Waals surface area contributed by atoms with Gasteiger partial charge in [0.25, 0.3) is 5.56 Å². The minimum Gasteiger partial charge on any atom is -0.406 e. The first-order valence-corrected chi connectivity index (χ1v) is 6.97. The van der Waals surface area contributed by atoms with E-state index in [0.717, 1.165) is 5.39 Å². The van der Waals surface area contributed by atoms with Crippen LogP contribution in [0.4, 0.5) is 18.9 Å². The molecule has 0 amide bonds. The van der Waals surface area contributed by atoms with Crippen LogP contribution in [0.3, 0.4) is 0 Å². The molecule has 0 fully saturated rings. The van der Waals surface area contributed by atoms with E-state index in [1.54, 1.807) is 24.4 Å². The van der Waals surface area contributed by atoms with Gasteiger partial charge in [0.05, 0.1) is 11.6 Å². The maximum Gasteiger partial charge on any atom is 0.573 e. The molecule has 0 bridgehead atoms. The van der Waals surface area contributed by atoms with Crippen molar-refractivity contribution < 1.29 is 17.9 Å². The smallest absolute Gasteiger partial charge is 0.406 e. The second-order valence-electron chi connectivity index (χ2n) is 4.94. The Morgan fingerprint density at radius 1 is 1.08 bits per heavy atom. The Balaban J connectivity index is 1.72. The normalized spacial score (nSPS) is 11.5. The number of fused-ring (bicyclic) bond motifs is 1. The largest absolute Gasteiger partial charge is 0.573 e. The number of halogens is 3. The van der Waals surface area contributed by atoms with Gasteiger partial charge in [-0.15, -0.1) is 13.2 Å². The fraction of sp³-hybridized carbons (Fsp3) is 0.125. The SMILES string of the molecule is O=c1c2ccccc2cnn1CNc1ccc(OC(F)(F)F)cc1. The van der Waals surface area contributed by atoms with Gasteiger partial charge in [-0.3, -0.25) is 4.79 Å². The van der Waals surface area contributed by atoms with Crippen LogP contribution in [0.5, 0.6) is 5.75 Å². The first-order chi connectivity index (χ1) is 11.4. The molecule has 0 aliphatic rings. The summed E-state index contributed by atoms with van der Waals surface area (Å²) in [4.78, 5) is 12.3. The lowest BCUT2D eigenvalue weighted by Gasteiger charge is -2.11. The van der Waals surface area contributed by atoms with Gasteiger partial charge in [0.15, 0.2) is 0 Å². The molecule has 0 atom stereocenters. The van der Waals surface area contributed by atoms with Crippen molar-refractivity contribution in [2.24, 2.45) is 0 Å². The van der Waals surface area contributed by atoms with E-state index >= 15 is 0 Å². The van der Waals surface area contributed by atoms with E-state index in [0.29, 0.717) is 11.1 Å². The third-order valence-electron chi connectivity index (χ3n) is 3.28. The van der Waals surface area contributed by atoms with Gasteiger partial charge in [0.1, 0.15) is 12.4 Å². The molecular weight excluding hydrogens is 323 g/mol. The molecule has 0 saturated heterocycles. The van der Waals surface area contributed by atoms with Gasteiger partial charge in [-0.05, 0) is 30.3 Å². The van der Waals surface area contributed by atoms with Crippen molar-refractivity contribution in [3.8, 4) is 5.75 Å². The summed E-state index contributed by atoms with van der Waals surface area (Å²) in [6, 6.07) is 12.3. The molecule has 0 saturated carbocycles. The molecule has 0 aliphatic heterocycles. The quantitative estimate of drug-likeness (QED) is 0.794. The number of hydrogen-bond donors (Lipinski definition) is 1. The van der Waals surface area contributed by atoms with E-state index in [-0.39, 0.29) is 18.0 Å². The number of aromatic nitrogens is 2. The minimum absolute atomic E-state index is 0.0865. The first-order valence-electron chi connectivity index (χ1n) is 6.97. The highest BCUT2D eigenvalue weighted by Crippen LogP contribution is 2.23. The van der Waals surface area contributed by atoms with Crippen LogP contribution in [0.15, 0.2) is 59.5 Å². The van der Waals surface area contributed by atoms with Crippen molar-refractivity contribution >= 4 is 16.5 Å². The van der Waals surface area contributed by atoms with Crippen molar-refractivity contribution in [2.75, 3.05) is 5.32 Å². The number of anilines is 1. The summed E-state index contributed by atoms with van der Waals surface area (Å²) >= 11 is 0. The molecule has 0 spiro atoms. The third-order valence-corrected chi connectivity index (χ3v) is 3.28. The maximum atomic E-state index is 12.3. The van der Waals surface area contributed by atoms with Crippen LogP contribution < -0.4 is 15.6 Å². The molecule has 3 rings (SSSR count). The van der Waals surface area contributed by atoms with Crippen molar-refractivity contribution in [2.45, 2.75) is 13.0 Å². The summed E-state index contributed by atoms with van der Waals surface area (Å²) in [5.74, 6) is -0.311. The van der Waals surface area contributed by atoms with Gasteiger partial charge in [0.2, 0.25) is 0 Å². The fourth-order valence-corrected chi connectivity index (χ4v) is 2.18. The highest BCUT2D eigenvalue weighted by molar-refractivity contribution is 5.80. The Bertz CT molecular complexity index is 905. The van der Waals surface area contributed by atoms with Crippen LogP contribution in [0, 0.1) is 0 Å². The lowest BCUT2D eigenvalue weighted by atomic mass is 10.2. The van der Waals surface area contributed by atoms with Crippen LogP contribution >= 0.6 is 0 Å². The molecule has 0 radical (unpaired) electrons. The molecule has 0 unspecified atom stereocenters. The van der Waals surface area contributed by atoms with Crippen LogP contribution in [0.2, 0.25) is 0 Å². The maximum absolute atomic E-state index is 12.3. The van der Waals surface area contributed by atoms with Gasteiger partial charge in [0, 0.05) is 11.1 Å². The molecule has 1 aromatic heterocycles. The second kappa shape index (κ2) is 6.23. The molecule has 8 heteroatoms. The monoisotopic (exact) mass is 335 g/mol.